The number of nitrogens with zero attached hydrogens (tertiary/aromatic N) is 4. The Morgan fingerprint density at radius 2 is 2.12 bits per heavy atom. The Hall–Kier alpha value is -2.87. The molecule has 0 unspecified atom stereocenters. The van der Waals surface area contributed by atoms with Gasteiger partial charge in [-0.15, -0.1) is 0 Å². The number of fused-ring (bicyclic) bond motifs is 1. The minimum absolute atomic E-state index is 0.00855. The minimum Gasteiger partial charge on any atom is -0.352 e. The average Bonchev–Trinajstić information content (AvgIpc) is 3.27. The molecule has 1 aromatic carbocycles. The van der Waals surface area contributed by atoms with Crippen LogP contribution in [0.1, 0.15) is 17.7 Å². The first-order valence-corrected chi connectivity index (χ1v) is 9.08. The predicted molar refractivity (Wildman–Crippen MR) is 97.0 cm³/mol. The quantitative estimate of drug-likeness (QED) is 0.742. The summed E-state index contributed by atoms with van der Waals surface area (Å²) in [5.41, 5.74) is 3.48. The molecule has 7 nitrogen and oxygen atoms in total. The lowest BCUT2D eigenvalue weighted by Gasteiger charge is -2.16. The Morgan fingerprint density at radius 3 is 2.96 bits per heavy atom. The van der Waals surface area contributed by atoms with Gasteiger partial charge in [0.15, 0.2) is 0 Å². The third kappa shape index (κ3) is 3.55. The van der Waals surface area contributed by atoms with E-state index in [0.29, 0.717) is 19.6 Å². The highest BCUT2D eigenvalue weighted by atomic mass is 32.1. The molecule has 0 spiro atoms. The first-order chi connectivity index (χ1) is 12.7. The van der Waals surface area contributed by atoms with Gasteiger partial charge in [0.1, 0.15) is 11.0 Å². The zero-order valence-electron chi connectivity index (χ0n) is 14.0. The number of rotatable bonds is 5. The molecular weight excluding hydrogens is 350 g/mol. The highest BCUT2D eigenvalue weighted by Crippen LogP contribution is 2.20. The number of pyridine rings is 1. The van der Waals surface area contributed by atoms with Crippen molar-refractivity contribution in [3.63, 3.8) is 0 Å². The molecule has 1 atom stereocenters. The van der Waals surface area contributed by atoms with Gasteiger partial charge in [-0.25, -0.2) is 0 Å². The highest BCUT2D eigenvalue weighted by molar-refractivity contribution is 7.00. The number of carbonyl (C=O) groups is 2. The minimum atomic E-state index is -0.323. The van der Waals surface area contributed by atoms with Crippen molar-refractivity contribution in [1.82, 2.24) is 23.9 Å². The van der Waals surface area contributed by atoms with Crippen LogP contribution in [0.25, 0.3) is 11.0 Å². The predicted octanol–water partition coefficient (Wildman–Crippen LogP) is 1.75. The van der Waals surface area contributed by atoms with Gasteiger partial charge in [-0.05, 0) is 29.8 Å². The maximum Gasteiger partial charge on any atom is 0.225 e. The number of aromatic nitrogens is 3. The lowest BCUT2D eigenvalue weighted by molar-refractivity contribution is -0.129. The fraction of sp³-hybridized carbons (Fsp3) is 0.278. The van der Waals surface area contributed by atoms with Crippen molar-refractivity contribution >= 4 is 34.6 Å². The van der Waals surface area contributed by atoms with Crippen LogP contribution in [0, 0.1) is 5.92 Å². The Balaban J connectivity index is 1.34. The van der Waals surface area contributed by atoms with Gasteiger partial charge in [-0.3, -0.25) is 14.6 Å². The summed E-state index contributed by atoms with van der Waals surface area (Å²) in [6.07, 6.45) is 1.95. The van der Waals surface area contributed by atoms with E-state index in [0.717, 1.165) is 22.3 Å². The van der Waals surface area contributed by atoms with Gasteiger partial charge in [-0.2, -0.15) is 8.75 Å². The van der Waals surface area contributed by atoms with Crippen LogP contribution in [0.3, 0.4) is 0 Å². The van der Waals surface area contributed by atoms with Crippen LogP contribution >= 0.6 is 11.7 Å². The van der Waals surface area contributed by atoms with E-state index in [9.17, 15) is 9.59 Å². The molecule has 4 rings (SSSR count). The van der Waals surface area contributed by atoms with Crippen LogP contribution in [0.4, 0.5) is 0 Å². The Kier molecular flexibility index (Phi) is 4.57. The summed E-state index contributed by atoms with van der Waals surface area (Å²) in [7, 11) is 0. The summed E-state index contributed by atoms with van der Waals surface area (Å²) < 4.78 is 8.37. The Bertz CT molecular complexity index is 943. The van der Waals surface area contributed by atoms with Gasteiger partial charge < -0.3 is 10.2 Å². The number of nitrogens with one attached hydrogen (secondary N) is 1. The molecule has 3 heterocycles. The molecule has 0 bridgehead atoms. The third-order valence-electron chi connectivity index (χ3n) is 4.45. The lowest BCUT2D eigenvalue weighted by atomic mass is 10.1. The van der Waals surface area contributed by atoms with Crippen LogP contribution in [-0.4, -0.2) is 37.0 Å². The van der Waals surface area contributed by atoms with E-state index in [1.165, 1.54) is 11.7 Å². The zero-order valence-corrected chi connectivity index (χ0v) is 14.8. The van der Waals surface area contributed by atoms with Gasteiger partial charge in [0, 0.05) is 25.7 Å². The zero-order chi connectivity index (χ0) is 17.9. The van der Waals surface area contributed by atoms with E-state index in [-0.39, 0.29) is 24.2 Å². The molecule has 132 valence electrons. The monoisotopic (exact) mass is 367 g/mol. The summed E-state index contributed by atoms with van der Waals surface area (Å²) >= 11 is 1.17. The second-order valence-electron chi connectivity index (χ2n) is 6.30. The summed E-state index contributed by atoms with van der Waals surface area (Å²) in [5.74, 6) is -0.431. The number of hydrogen-bond acceptors (Lipinski definition) is 6. The largest absolute Gasteiger partial charge is 0.352 e. The number of amides is 2. The molecule has 1 fully saturated rings. The van der Waals surface area contributed by atoms with Gasteiger partial charge in [0.05, 0.1) is 29.9 Å². The molecule has 3 aromatic rings. The molecule has 1 saturated heterocycles. The van der Waals surface area contributed by atoms with Crippen molar-refractivity contribution in [2.75, 3.05) is 6.54 Å². The van der Waals surface area contributed by atoms with E-state index in [1.807, 2.05) is 36.4 Å². The maximum absolute atomic E-state index is 12.4. The Morgan fingerprint density at radius 1 is 1.23 bits per heavy atom. The van der Waals surface area contributed by atoms with E-state index in [4.69, 9.17) is 0 Å². The molecule has 0 radical (unpaired) electrons. The van der Waals surface area contributed by atoms with Gasteiger partial charge >= 0.3 is 0 Å². The van der Waals surface area contributed by atoms with Crippen LogP contribution in [0.15, 0.2) is 42.6 Å². The van der Waals surface area contributed by atoms with Crippen molar-refractivity contribution in [2.24, 2.45) is 5.92 Å². The van der Waals surface area contributed by atoms with Crippen LogP contribution in [-0.2, 0) is 22.7 Å². The second-order valence-corrected chi connectivity index (χ2v) is 6.83. The third-order valence-corrected chi connectivity index (χ3v) is 5.01. The Labute approximate surface area is 154 Å². The molecular formula is C18H17N5O2S. The van der Waals surface area contributed by atoms with Gasteiger partial charge in [-0.1, -0.05) is 12.1 Å². The summed E-state index contributed by atoms with van der Waals surface area (Å²) in [6, 6.07) is 11.4. The number of hydrogen-bond donors (Lipinski definition) is 1. The second kappa shape index (κ2) is 7.17. The van der Waals surface area contributed by atoms with Gasteiger partial charge in [0.2, 0.25) is 11.8 Å². The number of carbonyl (C=O) groups excluding carboxylic acids is 2. The van der Waals surface area contributed by atoms with Crippen molar-refractivity contribution in [3.05, 3.63) is 53.9 Å². The topological polar surface area (TPSA) is 88.1 Å². The normalized spacial score (nSPS) is 17.0. The van der Waals surface area contributed by atoms with Gasteiger partial charge in [0.25, 0.3) is 0 Å². The lowest BCUT2D eigenvalue weighted by Crippen LogP contribution is -2.32. The van der Waals surface area contributed by atoms with Crippen molar-refractivity contribution < 1.29 is 9.59 Å². The maximum atomic E-state index is 12.4. The summed E-state index contributed by atoms with van der Waals surface area (Å²) in [4.78, 5) is 30.6. The summed E-state index contributed by atoms with van der Waals surface area (Å²) in [5, 5.41) is 2.92. The molecule has 2 amide bonds. The molecule has 26 heavy (non-hydrogen) atoms. The number of likely N-dealkylation sites (tertiary alicyclic amines) is 1. The number of benzene rings is 1. The fourth-order valence-corrected chi connectivity index (χ4v) is 3.58. The van der Waals surface area contributed by atoms with Crippen LogP contribution < -0.4 is 5.32 Å². The molecule has 1 aliphatic rings. The summed E-state index contributed by atoms with van der Waals surface area (Å²) in [6.45, 7) is 1.28. The smallest absolute Gasteiger partial charge is 0.225 e. The SMILES string of the molecule is O=C(NCc1ccc2nsnc2c1)[C@@H]1CC(=O)N(Cc2ccccn2)C1. The highest BCUT2D eigenvalue weighted by Gasteiger charge is 2.34. The van der Waals surface area contributed by atoms with E-state index >= 15 is 0 Å². The standard InChI is InChI=1S/C18H17N5O2S/c24-17-8-13(10-23(17)11-14-3-1-2-6-19-14)18(25)20-9-12-4-5-15-16(7-12)22-26-21-15/h1-7,13H,8-11H2,(H,20,25)/t13-/m1/s1. The van der Waals surface area contributed by atoms with Crippen molar-refractivity contribution in [3.8, 4) is 0 Å². The van der Waals surface area contributed by atoms with Crippen molar-refractivity contribution in [2.45, 2.75) is 19.5 Å². The molecule has 1 aliphatic heterocycles. The van der Waals surface area contributed by atoms with Crippen molar-refractivity contribution in [1.29, 1.82) is 0 Å². The fourth-order valence-electron chi connectivity index (χ4n) is 3.06. The first-order valence-electron chi connectivity index (χ1n) is 8.35. The van der Waals surface area contributed by atoms with Crippen LogP contribution in [0.2, 0.25) is 0 Å². The van der Waals surface area contributed by atoms with Crippen LogP contribution in [0.5, 0.6) is 0 Å². The molecule has 2 aromatic heterocycles. The van der Waals surface area contributed by atoms with E-state index in [1.54, 1.807) is 11.1 Å². The molecule has 0 aliphatic carbocycles. The average molecular weight is 367 g/mol. The van der Waals surface area contributed by atoms with E-state index < -0.39 is 0 Å². The molecule has 0 saturated carbocycles. The van der Waals surface area contributed by atoms with E-state index in [2.05, 4.69) is 19.0 Å². The molecule has 1 N–H and O–H groups in total. The molecule has 8 heteroatoms. The first kappa shape index (κ1) is 16.6.